The number of halogens is 1. The van der Waals surface area contributed by atoms with Crippen LogP contribution < -0.4 is 0 Å². The summed E-state index contributed by atoms with van der Waals surface area (Å²) >= 11 is 1.23. The van der Waals surface area contributed by atoms with Crippen LogP contribution in [0.2, 0.25) is 0 Å². The van der Waals surface area contributed by atoms with Crippen LogP contribution in [0.5, 0.6) is 0 Å². The van der Waals surface area contributed by atoms with Crippen LogP contribution >= 0.6 is 11.8 Å². The van der Waals surface area contributed by atoms with E-state index < -0.39 is 0 Å². The Morgan fingerprint density at radius 2 is 1.96 bits per heavy atom. The van der Waals surface area contributed by atoms with E-state index in [4.69, 9.17) is 0 Å². The number of rotatable bonds is 7. The average Bonchev–Trinajstić information content (AvgIpc) is 3.13. The maximum atomic E-state index is 13.5. The number of hydrogen-bond acceptors (Lipinski definition) is 5. The zero-order chi connectivity index (χ0) is 19.2. The van der Waals surface area contributed by atoms with Crippen molar-refractivity contribution in [3.05, 3.63) is 66.0 Å². The number of nitrogens with zero attached hydrogens (tertiary/aromatic N) is 5. The van der Waals surface area contributed by atoms with E-state index in [9.17, 15) is 9.18 Å². The Balaban J connectivity index is 1.69. The summed E-state index contributed by atoms with van der Waals surface area (Å²) in [4.78, 5) is 14.6. The van der Waals surface area contributed by atoms with Gasteiger partial charge in [0.15, 0.2) is 0 Å². The predicted molar refractivity (Wildman–Crippen MR) is 102 cm³/mol. The summed E-state index contributed by atoms with van der Waals surface area (Å²) < 4.78 is 14.9. The van der Waals surface area contributed by atoms with Gasteiger partial charge >= 0.3 is 0 Å². The molecule has 8 heteroatoms. The highest BCUT2D eigenvalue weighted by atomic mass is 32.2. The van der Waals surface area contributed by atoms with E-state index in [-0.39, 0.29) is 23.5 Å². The first-order chi connectivity index (χ1) is 13.0. The number of aromatic nitrogens is 4. The van der Waals surface area contributed by atoms with E-state index in [1.807, 2.05) is 49.1 Å². The smallest absolute Gasteiger partial charge is 0.233 e. The highest BCUT2D eigenvalue weighted by molar-refractivity contribution is 7.99. The van der Waals surface area contributed by atoms with E-state index in [0.717, 1.165) is 5.56 Å². The molecule has 0 spiro atoms. The standard InChI is InChI=1S/C19H20FN5OS/c1-14(2)24(12-15-7-4-3-5-8-15)18(26)13-27-19-21-22-23-25(19)17-10-6-9-16(20)11-17/h3-11,14H,12-13H2,1-2H3. The molecule has 0 aliphatic carbocycles. The molecule has 3 rings (SSSR count). The Morgan fingerprint density at radius 3 is 2.67 bits per heavy atom. The van der Waals surface area contributed by atoms with E-state index >= 15 is 0 Å². The van der Waals surface area contributed by atoms with Crippen molar-refractivity contribution in [1.29, 1.82) is 0 Å². The van der Waals surface area contributed by atoms with Crippen LogP contribution in [0.3, 0.4) is 0 Å². The van der Waals surface area contributed by atoms with Crippen molar-refractivity contribution in [3.63, 3.8) is 0 Å². The number of carbonyl (C=O) groups is 1. The largest absolute Gasteiger partial charge is 0.335 e. The molecule has 1 aromatic heterocycles. The molecule has 0 radical (unpaired) electrons. The van der Waals surface area contributed by atoms with E-state index in [0.29, 0.717) is 17.4 Å². The summed E-state index contributed by atoms with van der Waals surface area (Å²) in [5.74, 6) is -0.183. The first-order valence-electron chi connectivity index (χ1n) is 8.55. The van der Waals surface area contributed by atoms with Gasteiger partial charge in [0.1, 0.15) is 5.82 Å². The zero-order valence-electron chi connectivity index (χ0n) is 15.1. The second-order valence-electron chi connectivity index (χ2n) is 6.24. The summed E-state index contributed by atoms with van der Waals surface area (Å²) in [6, 6.07) is 15.9. The first kappa shape index (κ1) is 19.0. The number of benzene rings is 2. The molecule has 2 aromatic carbocycles. The van der Waals surface area contributed by atoms with E-state index in [2.05, 4.69) is 15.5 Å². The second kappa shape index (κ2) is 8.77. The van der Waals surface area contributed by atoms with Gasteiger partial charge in [-0.25, -0.2) is 4.39 Å². The number of hydrogen-bond donors (Lipinski definition) is 0. The van der Waals surface area contributed by atoms with Gasteiger partial charge in [-0.1, -0.05) is 48.2 Å². The molecule has 1 heterocycles. The van der Waals surface area contributed by atoms with Gasteiger partial charge in [0.2, 0.25) is 11.1 Å². The maximum absolute atomic E-state index is 13.5. The SMILES string of the molecule is CC(C)N(Cc1ccccc1)C(=O)CSc1nnnn1-c1cccc(F)c1. The molecule has 0 atom stereocenters. The van der Waals surface area contributed by atoms with Crippen molar-refractivity contribution in [3.8, 4) is 5.69 Å². The molecular formula is C19H20FN5OS. The molecular weight excluding hydrogens is 365 g/mol. The van der Waals surface area contributed by atoms with Crippen LogP contribution in [0, 0.1) is 5.82 Å². The van der Waals surface area contributed by atoms with Gasteiger partial charge in [0, 0.05) is 12.6 Å². The van der Waals surface area contributed by atoms with Crippen molar-refractivity contribution in [2.75, 3.05) is 5.75 Å². The van der Waals surface area contributed by atoms with Crippen LogP contribution in [0.1, 0.15) is 19.4 Å². The monoisotopic (exact) mass is 385 g/mol. The molecule has 0 saturated carbocycles. The van der Waals surface area contributed by atoms with Crippen LogP contribution in [-0.4, -0.2) is 42.8 Å². The van der Waals surface area contributed by atoms with Crippen molar-refractivity contribution in [2.24, 2.45) is 0 Å². The lowest BCUT2D eigenvalue weighted by molar-refractivity contribution is -0.130. The van der Waals surface area contributed by atoms with Crippen molar-refractivity contribution >= 4 is 17.7 Å². The lowest BCUT2D eigenvalue weighted by Gasteiger charge is -2.26. The Morgan fingerprint density at radius 1 is 1.19 bits per heavy atom. The summed E-state index contributed by atoms with van der Waals surface area (Å²) in [7, 11) is 0. The van der Waals surface area contributed by atoms with Gasteiger partial charge in [-0.15, -0.1) is 5.10 Å². The number of thioether (sulfide) groups is 1. The lowest BCUT2D eigenvalue weighted by atomic mass is 10.2. The van der Waals surface area contributed by atoms with Gasteiger partial charge in [-0.3, -0.25) is 4.79 Å². The number of carbonyl (C=O) groups excluding carboxylic acids is 1. The quantitative estimate of drug-likeness (QED) is 0.584. The van der Waals surface area contributed by atoms with Gasteiger partial charge in [0.05, 0.1) is 11.4 Å². The van der Waals surface area contributed by atoms with Gasteiger partial charge in [0.25, 0.3) is 0 Å². The molecule has 3 aromatic rings. The minimum Gasteiger partial charge on any atom is -0.335 e. The Labute approximate surface area is 161 Å². The predicted octanol–water partition coefficient (Wildman–Crippen LogP) is 3.33. The van der Waals surface area contributed by atoms with Crippen LogP contribution in [0.15, 0.2) is 59.8 Å². The molecule has 0 N–H and O–H groups in total. The fourth-order valence-electron chi connectivity index (χ4n) is 2.59. The molecule has 6 nitrogen and oxygen atoms in total. The fraction of sp³-hybridized carbons (Fsp3) is 0.263. The molecule has 140 valence electrons. The molecule has 1 amide bonds. The minimum absolute atomic E-state index is 0.00681. The fourth-order valence-corrected chi connectivity index (χ4v) is 3.36. The first-order valence-corrected chi connectivity index (χ1v) is 9.53. The molecule has 27 heavy (non-hydrogen) atoms. The Bertz CT molecular complexity index is 900. The molecule has 0 aliphatic heterocycles. The molecule has 0 unspecified atom stereocenters. The molecule has 0 saturated heterocycles. The van der Waals surface area contributed by atoms with Crippen molar-refractivity contribution in [2.45, 2.75) is 31.6 Å². The van der Waals surface area contributed by atoms with Gasteiger partial charge in [-0.2, -0.15) is 4.68 Å². The Kier molecular flexibility index (Phi) is 6.18. The summed E-state index contributed by atoms with van der Waals surface area (Å²) in [6.07, 6.45) is 0. The lowest BCUT2D eigenvalue weighted by Crippen LogP contribution is -2.37. The average molecular weight is 385 g/mol. The summed E-state index contributed by atoms with van der Waals surface area (Å²) in [6.45, 7) is 4.53. The highest BCUT2D eigenvalue weighted by Gasteiger charge is 2.19. The third-order valence-corrected chi connectivity index (χ3v) is 4.86. The van der Waals surface area contributed by atoms with E-state index in [1.54, 1.807) is 12.1 Å². The van der Waals surface area contributed by atoms with Crippen LogP contribution in [-0.2, 0) is 11.3 Å². The zero-order valence-corrected chi connectivity index (χ0v) is 15.9. The topological polar surface area (TPSA) is 63.9 Å². The maximum Gasteiger partial charge on any atom is 0.233 e. The highest BCUT2D eigenvalue weighted by Crippen LogP contribution is 2.20. The number of tetrazole rings is 1. The minimum atomic E-state index is -0.371. The normalized spacial score (nSPS) is 11.0. The van der Waals surface area contributed by atoms with Crippen molar-refractivity contribution < 1.29 is 9.18 Å². The van der Waals surface area contributed by atoms with Crippen LogP contribution in [0.25, 0.3) is 5.69 Å². The van der Waals surface area contributed by atoms with Gasteiger partial charge < -0.3 is 4.90 Å². The summed E-state index contributed by atoms with van der Waals surface area (Å²) in [5, 5.41) is 11.9. The number of amides is 1. The third-order valence-electron chi connectivity index (χ3n) is 3.96. The molecule has 0 fully saturated rings. The molecule has 0 bridgehead atoms. The van der Waals surface area contributed by atoms with Crippen LogP contribution in [0.4, 0.5) is 4.39 Å². The van der Waals surface area contributed by atoms with Gasteiger partial charge in [-0.05, 0) is 48.0 Å². The van der Waals surface area contributed by atoms with Crippen molar-refractivity contribution in [1.82, 2.24) is 25.1 Å². The molecule has 0 aliphatic rings. The third kappa shape index (κ3) is 4.91. The van der Waals surface area contributed by atoms with E-state index in [1.165, 1.54) is 28.6 Å². The second-order valence-corrected chi connectivity index (χ2v) is 7.19. The Hall–Kier alpha value is -2.74. The summed E-state index contributed by atoms with van der Waals surface area (Å²) in [5.41, 5.74) is 1.59.